The number of piperidine rings is 1. The van der Waals surface area contributed by atoms with Gasteiger partial charge in [-0.05, 0) is 42.5 Å². The van der Waals surface area contributed by atoms with Crippen LogP contribution in [-0.2, 0) is 24.2 Å². The van der Waals surface area contributed by atoms with Crippen LogP contribution in [0.3, 0.4) is 0 Å². The number of likely N-dealkylation sites (tertiary alicyclic amines) is 1. The van der Waals surface area contributed by atoms with Crippen molar-refractivity contribution in [2.75, 3.05) is 19.6 Å². The van der Waals surface area contributed by atoms with Crippen molar-refractivity contribution in [2.45, 2.75) is 45.3 Å². The highest BCUT2D eigenvalue weighted by atomic mass is 16.5. The highest BCUT2D eigenvalue weighted by Gasteiger charge is 2.23. The van der Waals surface area contributed by atoms with Gasteiger partial charge in [-0.3, -0.25) is 0 Å². The Morgan fingerprint density at radius 3 is 2.53 bits per heavy atom. The van der Waals surface area contributed by atoms with Crippen molar-refractivity contribution in [1.29, 1.82) is 0 Å². The summed E-state index contributed by atoms with van der Waals surface area (Å²) in [7, 11) is 0. The molecule has 168 valence electrons. The van der Waals surface area contributed by atoms with Gasteiger partial charge in [0, 0.05) is 31.6 Å². The van der Waals surface area contributed by atoms with Gasteiger partial charge in [-0.2, -0.15) is 4.98 Å². The number of hydrogen-bond donors (Lipinski definition) is 1. The van der Waals surface area contributed by atoms with Gasteiger partial charge in [0.1, 0.15) is 0 Å². The van der Waals surface area contributed by atoms with E-state index in [1.54, 1.807) is 0 Å². The summed E-state index contributed by atoms with van der Waals surface area (Å²) in [6, 6.07) is 18.2. The smallest absolute Gasteiger partial charge is 0.317 e. The molecule has 4 rings (SSSR count). The van der Waals surface area contributed by atoms with Crippen LogP contribution in [0.5, 0.6) is 0 Å². The molecular formula is C25H30N4O3. The summed E-state index contributed by atoms with van der Waals surface area (Å²) in [5.74, 6) is 1.25. The SMILES string of the molecule is CCc1noc(-c2ccc(CCNC(=O)N3CCC(OCc4ccccc4)CC3)cc2)n1. The predicted molar refractivity (Wildman–Crippen MR) is 122 cm³/mol. The molecule has 1 aliphatic rings. The second-order valence-electron chi connectivity index (χ2n) is 8.03. The number of aromatic nitrogens is 2. The van der Waals surface area contributed by atoms with Crippen LogP contribution in [0.4, 0.5) is 4.79 Å². The molecule has 7 heteroatoms. The molecule has 1 saturated heterocycles. The van der Waals surface area contributed by atoms with Crippen molar-refractivity contribution in [3.63, 3.8) is 0 Å². The zero-order valence-electron chi connectivity index (χ0n) is 18.5. The first-order chi connectivity index (χ1) is 15.7. The van der Waals surface area contributed by atoms with Crippen molar-refractivity contribution in [3.8, 4) is 11.5 Å². The van der Waals surface area contributed by atoms with E-state index in [0.717, 1.165) is 49.9 Å². The van der Waals surface area contributed by atoms with Gasteiger partial charge in [0.15, 0.2) is 5.82 Å². The lowest BCUT2D eigenvalue weighted by molar-refractivity contribution is 0.00449. The van der Waals surface area contributed by atoms with Crippen molar-refractivity contribution in [3.05, 3.63) is 71.5 Å². The predicted octanol–water partition coefficient (Wildman–Crippen LogP) is 4.23. The number of benzene rings is 2. The first-order valence-corrected chi connectivity index (χ1v) is 11.3. The zero-order chi connectivity index (χ0) is 22.2. The van der Waals surface area contributed by atoms with Gasteiger partial charge < -0.3 is 19.5 Å². The minimum Gasteiger partial charge on any atom is -0.373 e. The summed E-state index contributed by atoms with van der Waals surface area (Å²) in [6.07, 6.45) is 3.48. The van der Waals surface area contributed by atoms with E-state index in [9.17, 15) is 4.79 Å². The number of amides is 2. The molecule has 1 fully saturated rings. The minimum absolute atomic E-state index is 0.00100. The summed E-state index contributed by atoms with van der Waals surface area (Å²) in [6.45, 7) is 4.67. The Balaban J connectivity index is 1.15. The average molecular weight is 435 g/mol. The fourth-order valence-corrected chi connectivity index (χ4v) is 3.77. The number of nitrogens with zero attached hydrogens (tertiary/aromatic N) is 3. The van der Waals surface area contributed by atoms with E-state index in [-0.39, 0.29) is 12.1 Å². The topological polar surface area (TPSA) is 80.5 Å². The van der Waals surface area contributed by atoms with Crippen LogP contribution in [0.1, 0.15) is 36.7 Å². The molecule has 0 saturated carbocycles. The molecular weight excluding hydrogens is 404 g/mol. The Morgan fingerprint density at radius 1 is 1.09 bits per heavy atom. The maximum atomic E-state index is 12.5. The number of nitrogens with one attached hydrogen (secondary N) is 1. The molecule has 2 heterocycles. The van der Waals surface area contributed by atoms with Crippen LogP contribution in [-0.4, -0.2) is 46.8 Å². The van der Waals surface area contributed by atoms with Gasteiger partial charge in [-0.25, -0.2) is 4.79 Å². The molecule has 2 amide bonds. The average Bonchev–Trinajstić information content (AvgIpc) is 3.33. The van der Waals surface area contributed by atoms with Gasteiger partial charge in [0.25, 0.3) is 5.89 Å². The third kappa shape index (κ3) is 5.95. The lowest BCUT2D eigenvalue weighted by Crippen LogP contribution is -2.46. The fourth-order valence-electron chi connectivity index (χ4n) is 3.77. The summed E-state index contributed by atoms with van der Waals surface area (Å²) in [4.78, 5) is 18.7. The van der Waals surface area contributed by atoms with Crippen molar-refractivity contribution in [1.82, 2.24) is 20.4 Å². The van der Waals surface area contributed by atoms with Gasteiger partial charge in [-0.15, -0.1) is 0 Å². The summed E-state index contributed by atoms with van der Waals surface area (Å²) >= 11 is 0. The first kappa shape index (κ1) is 22.0. The number of aryl methyl sites for hydroxylation is 1. The van der Waals surface area contributed by atoms with Crippen molar-refractivity contribution >= 4 is 6.03 Å². The molecule has 1 aromatic heterocycles. The number of carbonyl (C=O) groups is 1. The molecule has 0 aliphatic carbocycles. The molecule has 0 unspecified atom stereocenters. The number of carbonyl (C=O) groups excluding carboxylic acids is 1. The zero-order valence-corrected chi connectivity index (χ0v) is 18.5. The molecule has 3 aromatic rings. The standard InChI is InChI=1S/C25H30N4O3/c1-2-23-27-24(32-28-23)21-10-8-19(9-11-21)12-15-26-25(30)29-16-13-22(14-17-29)31-18-20-6-4-3-5-7-20/h3-11,22H,2,12-18H2,1H3,(H,26,30). The quantitative estimate of drug-likeness (QED) is 0.574. The Morgan fingerprint density at radius 2 is 1.84 bits per heavy atom. The number of ether oxygens (including phenoxy) is 1. The third-order valence-electron chi connectivity index (χ3n) is 5.73. The van der Waals surface area contributed by atoms with Crippen LogP contribution in [0.2, 0.25) is 0 Å². The molecule has 1 aliphatic heterocycles. The molecule has 0 bridgehead atoms. The second kappa shape index (κ2) is 10.9. The van der Waals surface area contributed by atoms with E-state index < -0.39 is 0 Å². The molecule has 1 N–H and O–H groups in total. The number of rotatable bonds is 8. The third-order valence-corrected chi connectivity index (χ3v) is 5.73. The Bertz CT molecular complexity index is 980. The first-order valence-electron chi connectivity index (χ1n) is 11.3. The van der Waals surface area contributed by atoms with E-state index >= 15 is 0 Å². The maximum absolute atomic E-state index is 12.5. The highest BCUT2D eigenvalue weighted by molar-refractivity contribution is 5.74. The lowest BCUT2D eigenvalue weighted by Gasteiger charge is -2.32. The van der Waals surface area contributed by atoms with E-state index in [4.69, 9.17) is 9.26 Å². The Labute approximate surface area is 188 Å². The number of hydrogen-bond acceptors (Lipinski definition) is 5. The van der Waals surface area contributed by atoms with Crippen molar-refractivity contribution in [2.24, 2.45) is 0 Å². The van der Waals surface area contributed by atoms with Crippen LogP contribution in [0.25, 0.3) is 11.5 Å². The lowest BCUT2D eigenvalue weighted by atomic mass is 10.1. The van der Waals surface area contributed by atoms with Crippen LogP contribution in [0.15, 0.2) is 59.1 Å². The molecule has 32 heavy (non-hydrogen) atoms. The number of urea groups is 1. The molecule has 2 aromatic carbocycles. The van der Waals surface area contributed by atoms with Gasteiger partial charge in [-0.1, -0.05) is 54.5 Å². The summed E-state index contributed by atoms with van der Waals surface area (Å²) < 4.78 is 11.3. The molecule has 0 radical (unpaired) electrons. The van der Waals surface area contributed by atoms with E-state index in [1.807, 2.05) is 54.3 Å². The van der Waals surface area contributed by atoms with Gasteiger partial charge in [0.05, 0.1) is 12.7 Å². The summed E-state index contributed by atoms with van der Waals surface area (Å²) in [5.41, 5.74) is 3.24. The van der Waals surface area contributed by atoms with E-state index in [1.165, 1.54) is 5.56 Å². The Kier molecular flexibility index (Phi) is 7.51. The van der Waals surface area contributed by atoms with Gasteiger partial charge in [0.2, 0.25) is 0 Å². The summed E-state index contributed by atoms with van der Waals surface area (Å²) in [5, 5.41) is 6.97. The molecule has 0 spiro atoms. The van der Waals surface area contributed by atoms with Crippen LogP contribution in [0, 0.1) is 0 Å². The van der Waals surface area contributed by atoms with Gasteiger partial charge >= 0.3 is 6.03 Å². The minimum atomic E-state index is 0.00100. The molecule has 7 nitrogen and oxygen atoms in total. The largest absolute Gasteiger partial charge is 0.373 e. The van der Waals surface area contributed by atoms with E-state index in [2.05, 4.69) is 27.6 Å². The fraction of sp³-hybridized carbons (Fsp3) is 0.400. The second-order valence-corrected chi connectivity index (χ2v) is 8.03. The van der Waals surface area contributed by atoms with Crippen LogP contribution < -0.4 is 5.32 Å². The highest BCUT2D eigenvalue weighted by Crippen LogP contribution is 2.18. The van der Waals surface area contributed by atoms with Crippen molar-refractivity contribution < 1.29 is 14.1 Å². The maximum Gasteiger partial charge on any atom is 0.317 e. The molecule has 0 atom stereocenters. The Hall–Kier alpha value is -3.19. The monoisotopic (exact) mass is 434 g/mol. The van der Waals surface area contributed by atoms with Crippen LogP contribution >= 0.6 is 0 Å². The normalized spacial score (nSPS) is 14.5. The van der Waals surface area contributed by atoms with E-state index in [0.29, 0.717) is 24.9 Å².